The number of halogens is 2. The minimum atomic E-state index is -0.564. The number of carbonyl (C=O) groups excluding carboxylic acids is 1. The van der Waals surface area contributed by atoms with Crippen molar-refractivity contribution in [1.29, 1.82) is 0 Å². The smallest absolute Gasteiger partial charge is 0.241 e. The van der Waals surface area contributed by atoms with Gasteiger partial charge in [0, 0.05) is 18.1 Å². The summed E-state index contributed by atoms with van der Waals surface area (Å²) in [6, 6.07) is 10.6. The minimum Gasteiger partial charge on any atom is -0.352 e. The van der Waals surface area contributed by atoms with Gasteiger partial charge in [0.25, 0.3) is 0 Å². The summed E-state index contributed by atoms with van der Waals surface area (Å²) in [7, 11) is 2.22. The summed E-state index contributed by atoms with van der Waals surface area (Å²) in [6.45, 7) is 0. The summed E-state index contributed by atoms with van der Waals surface area (Å²) in [5, 5.41) is 3.18. The van der Waals surface area contributed by atoms with Crippen LogP contribution in [0.2, 0.25) is 0 Å². The maximum atomic E-state index is 12.4. The van der Waals surface area contributed by atoms with E-state index < -0.39 is 6.04 Å². The highest BCUT2D eigenvalue weighted by Gasteiger charge is 2.36. The molecule has 6 heteroatoms. The number of hydrogen-bond acceptors (Lipinski definition) is 3. The summed E-state index contributed by atoms with van der Waals surface area (Å²) < 4.78 is 0. The van der Waals surface area contributed by atoms with Gasteiger partial charge in [0.1, 0.15) is 6.04 Å². The molecule has 0 spiro atoms. The van der Waals surface area contributed by atoms with Gasteiger partial charge in [-0.25, -0.2) is 0 Å². The van der Waals surface area contributed by atoms with Crippen LogP contribution in [0.25, 0.3) is 0 Å². The number of piperidine rings is 2. The fraction of sp³-hybridized carbons (Fsp3) is 0.588. The van der Waals surface area contributed by atoms with Gasteiger partial charge in [-0.3, -0.25) is 4.79 Å². The van der Waals surface area contributed by atoms with Crippen LogP contribution in [0.5, 0.6) is 0 Å². The lowest BCUT2D eigenvalue weighted by molar-refractivity contribution is -0.124. The number of benzene rings is 1. The zero-order valence-corrected chi connectivity index (χ0v) is 15.1. The first-order valence-corrected chi connectivity index (χ1v) is 7.98. The summed E-state index contributed by atoms with van der Waals surface area (Å²) in [4.78, 5) is 14.9. The van der Waals surface area contributed by atoms with E-state index in [9.17, 15) is 4.79 Å². The lowest BCUT2D eigenvalue weighted by Gasteiger charge is -2.47. The van der Waals surface area contributed by atoms with Crippen molar-refractivity contribution >= 4 is 30.7 Å². The highest BCUT2D eigenvalue weighted by atomic mass is 35.5. The molecule has 3 N–H and O–H groups in total. The molecule has 2 heterocycles. The molecule has 0 aromatic heterocycles. The topological polar surface area (TPSA) is 58.4 Å². The zero-order valence-electron chi connectivity index (χ0n) is 13.5. The molecule has 1 amide bonds. The number of nitrogens with one attached hydrogen (secondary N) is 1. The first kappa shape index (κ1) is 20.2. The van der Waals surface area contributed by atoms with Gasteiger partial charge in [0.15, 0.2) is 0 Å². The number of fused-ring (bicyclic) bond motifs is 2. The Morgan fingerprint density at radius 3 is 2.30 bits per heavy atom. The van der Waals surface area contributed by atoms with Gasteiger partial charge in [-0.05, 0) is 38.3 Å². The van der Waals surface area contributed by atoms with Gasteiger partial charge in [-0.1, -0.05) is 36.8 Å². The molecule has 1 aromatic rings. The molecule has 4 nitrogen and oxygen atoms in total. The fourth-order valence-electron chi connectivity index (χ4n) is 3.84. The van der Waals surface area contributed by atoms with E-state index in [1.807, 2.05) is 30.3 Å². The third-order valence-electron chi connectivity index (χ3n) is 5.13. The molecule has 0 radical (unpaired) electrons. The van der Waals surface area contributed by atoms with Crippen molar-refractivity contribution in [3.8, 4) is 0 Å². The van der Waals surface area contributed by atoms with E-state index in [0.29, 0.717) is 12.1 Å². The molecule has 0 aliphatic carbocycles. The van der Waals surface area contributed by atoms with E-state index >= 15 is 0 Å². The van der Waals surface area contributed by atoms with Gasteiger partial charge < -0.3 is 16.0 Å². The second kappa shape index (κ2) is 8.88. The van der Waals surface area contributed by atoms with E-state index in [0.717, 1.165) is 18.4 Å². The Morgan fingerprint density at radius 2 is 1.74 bits per heavy atom. The average molecular weight is 360 g/mol. The van der Waals surface area contributed by atoms with Gasteiger partial charge in [-0.2, -0.15) is 0 Å². The average Bonchev–Trinajstić information content (AvgIpc) is 2.48. The highest BCUT2D eigenvalue weighted by Crippen LogP contribution is 2.32. The van der Waals surface area contributed by atoms with E-state index in [1.54, 1.807) is 0 Å². The van der Waals surface area contributed by atoms with Crippen LogP contribution in [0, 0.1) is 0 Å². The number of amides is 1. The maximum absolute atomic E-state index is 12.4. The van der Waals surface area contributed by atoms with Gasteiger partial charge in [0.05, 0.1) is 0 Å². The van der Waals surface area contributed by atoms with Gasteiger partial charge >= 0.3 is 0 Å². The lowest BCUT2D eigenvalue weighted by Crippen LogP contribution is -2.56. The van der Waals surface area contributed by atoms with E-state index in [2.05, 4.69) is 17.3 Å². The molecule has 2 aliphatic heterocycles. The molecule has 23 heavy (non-hydrogen) atoms. The molecule has 130 valence electrons. The van der Waals surface area contributed by atoms with Gasteiger partial charge in [-0.15, -0.1) is 24.8 Å². The largest absolute Gasteiger partial charge is 0.352 e. The third kappa shape index (κ3) is 4.60. The molecule has 2 fully saturated rings. The monoisotopic (exact) mass is 359 g/mol. The Bertz CT molecular complexity index is 486. The molecule has 2 saturated heterocycles. The highest BCUT2D eigenvalue weighted by molar-refractivity contribution is 5.85. The standard InChI is InChI=1S/C17H25N3O.2ClH/c1-20-14-8-5-9-15(20)11-13(10-14)19-17(21)16(18)12-6-3-2-4-7-12;;/h2-4,6-7,13-16H,5,8-11,18H2,1H3,(H,19,21);2*1H. The normalized spacial score (nSPS) is 28.0. The predicted molar refractivity (Wildman–Crippen MR) is 98.2 cm³/mol. The number of nitrogens with two attached hydrogens (primary N) is 1. The molecular formula is C17H27Cl2N3O. The Hall–Kier alpha value is -0.810. The van der Waals surface area contributed by atoms with Crippen LogP contribution in [0.3, 0.4) is 0 Å². The molecule has 0 saturated carbocycles. The minimum absolute atomic E-state index is 0. The Morgan fingerprint density at radius 1 is 1.17 bits per heavy atom. The SMILES string of the molecule is CN1C2CCCC1CC(NC(=O)C(N)c1ccccc1)C2.Cl.Cl. The van der Waals surface area contributed by atoms with Gasteiger partial charge in [0.2, 0.25) is 5.91 Å². The number of hydrogen-bond donors (Lipinski definition) is 2. The van der Waals surface area contributed by atoms with Crippen LogP contribution in [0.4, 0.5) is 0 Å². The summed E-state index contributed by atoms with van der Waals surface area (Å²) in [6.07, 6.45) is 5.94. The van der Waals surface area contributed by atoms with Crippen molar-refractivity contribution in [2.45, 2.75) is 56.3 Å². The molecule has 3 unspecified atom stereocenters. The third-order valence-corrected chi connectivity index (χ3v) is 5.13. The first-order chi connectivity index (χ1) is 10.1. The summed E-state index contributed by atoms with van der Waals surface area (Å²) in [5.41, 5.74) is 6.95. The number of nitrogens with zero attached hydrogens (tertiary/aromatic N) is 1. The predicted octanol–water partition coefficient (Wildman–Crippen LogP) is 2.66. The molecule has 3 rings (SSSR count). The van der Waals surface area contributed by atoms with Crippen molar-refractivity contribution in [2.75, 3.05) is 7.05 Å². The van der Waals surface area contributed by atoms with Crippen molar-refractivity contribution in [3.05, 3.63) is 35.9 Å². The van der Waals surface area contributed by atoms with Crippen molar-refractivity contribution in [3.63, 3.8) is 0 Å². The van der Waals surface area contributed by atoms with Crippen LogP contribution in [-0.2, 0) is 4.79 Å². The first-order valence-electron chi connectivity index (χ1n) is 7.98. The van der Waals surface area contributed by atoms with Crippen LogP contribution >= 0.6 is 24.8 Å². The summed E-state index contributed by atoms with van der Waals surface area (Å²) in [5.74, 6) is -0.0474. The van der Waals surface area contributed by atoms with Crippen LogP contribution in [-0.4, -0.2) is 36.0 Å². The quantitative estimate of drug-likeness (QED) is 0.871. The molecule has 1 aromatic carbocycles. The lowest BCUT2D eigenvalue weighted by atomic mass is 9.82. The van der Waals surface area contributed by atoms with E-state index in [1.165, 1.54) is 19.3 Å². The van der Waals surface area contributed by atoms with E-state index in [-0.39, 0.29) is 36.8 Å². The van der Waals surface area contributed by atoms with Crippen molar-refractivity contribution in [1.82, 2.24) is 10.2 Å². The van der Waals surface area contributed by atoms with Crippen molar-refractivity contribution < 1.29 is 4.79 Å². The zero-order chi connectivity index (χ0) is 14.8. The second-order valence-electron chi connectivity index (χ2n) is 6.47. The maximum Gasteiger partial charge on any atom is 0.241 e. The second-order valence-corrected chi connectivity index (χ2v) is 6.47. The number of carbonyl (C=O) groups is 1. The molecule has 2 aliphatic rings. The summed E-state index contributed by atoms with van der Waals surface area (Å²) >= 11 is 0. The molecule has 3 atom stereocenters. The molecule has 2 bridgehead atoms. The van der Waals surface area contributed by atoms with Crippen LogP contribution in [0.15, 0.2) is 30.3 Å². The van der Waals surface area contributed by atoms with E-state index in [4.69, 9.17) is 5.73 Å². The van der Waals surface area contributed by atoms with Crippen LogP contribution < -0.4 is 11.1 Å². The Kier molecular flexibility index (Phi) is 7.81. The Balaban J connectivity index is 0.00000132. The Labute approximate surface area is 151 Å². The number of rotatable bonds is 3. The van der Waals surface area contributed by atoms with Crippen LogP contribution in [0.1, 0.15) is 43.7 Å². The van der Waals surface area contributed by atoms with Crippen molar-refractivity contribution in [2.24, 2.45) is 5.73 Å². The fourth-order valence-corrected chi connectivity index (χ4v) is 3.84. The molecular weight excluding hydrogens is 333 g/mol.